The van der Waals surface area contributed by atoms with Crippen molar-refractivity contribution in [2.75, 3.05) is 23.3 Å². The van der Waals surface area contributed by atoms with E-state index in [1.165, 1.54) is 6.20 Å². The van der Waals surface area contributed by atoms with Crippen LogP contribution in [-0.4, -0.2) is 55.4 Å². The number of hydrogen-bond acceptors (Lipinski definition) is 7. The summed E-state index contributed by atoms with van der Waals surface area (Å²) in [4.78, 5) is 32.3. The maximum Gasteiger partial charge on any atom is 0.277 e. The van der Waals surface area contributed by atoms with Gasteiger partial charge in [-0.05, 0) is 27.7 Å². The van der Waals surface area contributed by atoms with Gasteiger partial charge in [0.2, 0.25) is 0 Å². The molecule has 3 aromatic heterocycles. The van der Waals surface area contributed by atoms with Crippen LogP contribution < -0.4 is 15.5 Å². The first-order valence-electron chi connectivity index (χ1n) is 9.36. The average Bonchev–Trinajstić information content (AvgIpc) is 3.02. The van der Waals surface area contributed by atoms with Gasteiger partial charge in [-0.15, -0.1) is 0 Å². The molecule has 1 aliphatic heterocycles. The molecule has 4 heterocycles. The number of nitrogens with zero attached hydrogens (tertiary/aromatic N) is 6. The van der Waals surface area contributed by atoms with Gasteiger partial charge >= 0.3 is 0 Å². The van der Waals surface area contributed by atoms with E-state index in [0.29, 0.717) is 17.9 Å². The van der Waals surface area contributed by atoms with E-state index in [2.05, 4.69) is 49.3 Å². The third kappa shape index (κ3) is 3.65. The Morgan fingerprint density at radius 3 is 2.54 bits per heavy atom. The van der Waals surface area contributed by atoms with Crippen LogP contribution in [0.4, 0.5) is 11.6 Å². The van der Waals surface area contributed by atoms with E-state index in [-0.39, 0.29) is 11.6 Å². The lowest BCUT2D eigenvalue weighted by molar-refractivity contribution is 0.102. The Balaban J connectivity index is 1.49. The number of anilines is 2. The number of amides is 1. The second kappa shape index (κ2) is 7.16. The summed E-state index contributed by atoms with van der Waals surface area (Å²) in [6.45, 7) is 9.79. The van der Waals surface area contributed by atoms with E-state index in [1.54, 1.807) is 12.4 Å². The second-order valence-electron chi connectivity index (χ2n) is 7.41. The lowest BCUT2D eigenvalue weighted by atomic mass is 10.1. The third-order valence-corrected chi connectivity index (χ3v) is 4.72. The van der Waals surface area contributed by atoms with Crippen LogP contribution in [0, 0.1) is 13.8 Å². The molecule has 0 unspecified atom stereocenters. The molecule has 0 aromatic carbocycles. The number of fused-ring (bicyclic) bond motifs is 1. The average molecular weight is 380 g/mol. The van der Waals surface area contributed by atoms with Gasteiger partial charge in [-0.25, -0.2) is 19.9 Å². The van der Waals surface area contributed by atoms with Crippen LogP contribution >= 0.6 is 0 Å². The number of aryl methyl sites for hydroxylation is 2. The predicted molar refractivity (Wildman–Crippen MR) is 107 cm³/mol. The molecule has 146 valence electrons. The zero-order valence-electron chi connectivity index (χ0n) is 16.5. The first-order valence-corrected chi connectivity index (χ1v) is 9.36. The molecular formula is C19H24N8O. The number of hydrogen-bond donors (Lipinski definition) is 2. The lowest BCUT2D eigenvalue weighted by Crippen LogP contribution is -2.54. The van der Waals surface area contributed by atoms with E-state index < -0.39 is 0 Å². The Bertz CT molecular complexity index is 1000. The van der Waals surface area contributed by atoms with Gasteiger partial charge in [0.1, 0.15) is 17.3 Å². The van der Waals surface area contributed by atoms with Crippen LogP contribution in [0.2, 0.25) is 0 Å². The van der Waals surface area contributed by atoms with E-state index >= 15 is 0 Å². The molecule has 1 saturated heterocycles. The molecule has 0 radical (unpaired) electrons. The summed E-state index contributed by atoms with van der Waals surface area (Å²) >= 11 is 0. The Morgan fingerprint density at radius 1 is 1.11 bits per heavy atom. The van der Waals surface area contributed by atoms with Gasteiger partial charge < -0.3 is 19.9 Å². The highest BCUT2D eigenvalue weighted by molar-refractivity contribution is 6.02. The maximum atomic E-state index is 12.6. The smallest absolute Gasteiger partial charge is 0.277 e. The van der Waals surface area contributed by atoms with Crippen LogP contribution in [0.15, 0.2) is 24.8 Å². The van der Waals surface area contributed by atoms with Gasteiger partial charge in [0.15, 0.2) is 5.65 Å². The molecule has 0 spiro atoms. The summed E-state index contributed by atoms with van der Waals surface area (Å²) < 4.78 is 1.86. The third-order valence-electron chi connectivity index (χ3n) is 4.72. The molecule has 1 amide bonds. The highest BCUT2D eigenvalue weighted by Crippen LogP contribution is 2.16. The molecule has 1 aliphatic rings. The van der Waals surface area contributed by atoms with Gasteiger partial charge in [-0.1, -0.05) is 0 Å². The quantitative estimate of drug-likeness (QED) is 0.711. The van der Waals surface area contributed by atoms with Crippen molar-refractivity contribution >= 4 is 23.2 Å². The summed E-state index contributed by atoms with van der Waals surface area (Å²) in [5, 5.41) is 6.28. The second-order valence-corrected chi connectivity index (χ2v) is 7.41. The zero-order valence-corrected chi connectivity index (χ0v) is 16.5. The molecule has 2 N–H and O–H groups in total. The molecule has 4 rings (SSSR count). The van der Waals surface area contributed by atoms with Crippen molar-refractivity contribution in [1.82, 2.24) is 29.7 Å². The minimum Gasteiger partial charge on any atom is -0.352 e. The zero-order chi connectivity index (χ0) is 19.8. The molecule has 9 nitrogen and oxygen atoms in total. The van der Waals surface area contributed by atoms with E-state index in [0.717, 1.165) is 35.9 Å². The van der Waals surface area contributed by atoms with Gasteiger partial charge in [0.05, 0.1) is 30.0 Å². The largest absolute Gasteiger partial charge is 0.352 e. The van der Waals surface area contributed by atoms with Crippen LogP contribution in [0.3, 0.4) is 0 Å². The monoisotopic (exact) mass is 380 g/mol. The molecule has 0 bridgehead atoms. The SMILES string of the molecule is Cc1cn2cc(NC(=O)c3cnc(N4C[C@H](C)N[C@@H](C)C4)cn3)nc(C)c2n1. The number of nitrogens with one attached hydrogen (secondary N) is 2. The molecule has 1 fully saturated rings. The fourth-order valence-corrected chi connectivity index (χ4v) is 3.63. The standard InChI is InChI=1S/C19H24N8O/c1-11-7-26(8-12(2)22-11)17-6-20-15(5-21-17)19(28)25-16-10-27-9-13(3)23-18(27)14(4)24-16/h5-6,9-12,22H,7-8H2,1-4H3,(H,25,28)/t11-,12-/m0/s1. The number of carbonyl (C=O) groups excluding carboxylic acids is 1. The highest BCUT2D eigenvalue weighted by Gasteiger charge is 2.22. The van der Waals surface area contributed by atoms with E-state index in [4.69, 9.17) is 0 Å². The summed E-state index contributed by atoms with van der Waals surface area (Å²) in [6, 6.07) is 0.758. The lowest BCUT2D eigenvalue weighted by Gasteiger charge is -2.36. The van der Waals surface area contributed by atoms with Crippen LogP contribution in [0.25, 0.3) is 5.65 Å². The van der Waals surface area contributed by atoms with Crippen molar-refractivity contribution in [3.05, 3.63) is 41.9 Å². The summed E-state index contributed by atoms with van der Waals surface area (Å²) in [6.07, 6.45) is 6.80. The molecule has 2 atom stereocenters. The van der Waals surface area contributed by atoms with Crippen molar-refractivity contribution in [2.24, 2.45) is 0 Å². The normalized spacial score (nSPS) is 19.8. The van der Waals surface area contributed by atoms with Crippen molar-refractivity contribution in [3.8, 4) is 0 Å². The molecule has 0 aliphatic carbocycles. The highest BCUT2D eigenvalue weighted by atomic mass is 16.1. The first kappa shape index (κ1) is 18.3. The van der Waals surface area contributed by atoms with Gasteiger partial charge in [-0.2, -0.15) is 0 Å². The number of piperazine rings is 1. The molecule has 9 heteroatoms. The van der Waals surface area contributed by atoms with Gasteiger partial charge in [0.25, 0.3) is 5.91 Å². The number of aromatic nitrogens is 5. The maximum absolute atomic E-state index is 12.6. The summed E-state index contributed by atoms with van der Waals surface area (Å²) in [5.41, 5.74) is 2.67. The minimum absolute atomic E-state index is 0.251. The Kier molecular flexibility index (Phi) is 4.68. The number of imidazole rings is 1. The van der Waals surface area contributed by atoms with Crippen molar-refractivity contribution in [3.63, 3.8) is 0 Å². The fourth-order valence-electron chi connectivity index (χ4n) is 3.63. The van der Waals surface area contributed by atoms with Crippen LogP contribution in [0.1, 0.15) is 35.7 Å². The topological polar surface area (TPSA) is 100 Å². The molecule has 28 heavy (non-hydrogen) atoms. The predicted octanol–water partition coefficient (Wildman–Crippen LogP) is 1.58. The van der Waals surface area contributed by atoms with Crippen LogP contribution in [0.5, 0.6) is 0 Å². The summed E-state index contributed by atoms with van der Waals surface area (Å²) in [5.74, 6) is 0.883. The number of carbonyl (C=O) groups is 1. The molecular weight excluding hydrogens is 356 g/mol. The molecule has 3 aromatic rings. The van der Waals surface area contributed by atoms with E-state index in [9.17, 15) is 4.79 Å². The van der Waals surface area contributed by atoms with Gasteiger partial charge in [-0.3, -0.25) is 4.79 Å². The Labute approximate surface area is 163 Å². The first-order chi connectivity index (χ1) is 13.4. The van der Waals surface area contributed by atoms with Gasteiger partial charge in [0, 0.05) is 31.4 Å². The van der Waals surface area contributed by atoms with E-state index in [1.807, 2.05) is 24.4 Å². The van der Waals surface area contributed by atoms with Crippen molar-refractivity contribution < 1.29 is 4.79 Å². The Hall–Kier alpha value is -3.07. The molecule has 0 saturated carbocycles. The number of rotatable bonds is 3. The van der Waals surface area contributed by atoms with Crippen molar-refractivity contribution in [2.45, 2.75) is 39.8 Å². The summed E-state index contributed by atoms with van der Waals surface area (Å²) in [7, 11) is 0. The Morgan fingerprint density at radius 2 is 1.86 bits per heavy atom. The van der Waals surface area contributed by atoms with Crippen molar-refractivity contribution in [1.29, 1.82) is 0 Å². The fraction of sp³-hybridized carbons (Fsp3) is 0.421. The van der Waals surface area contributed by atoms with Crippen LogP contribution in [-0.2, 0) is 0 Å². The minimum atomic E-state index is -0.343.